The summed E-state index contributed by atoms with van der Waals surface area (Å²) in [6.07, 6.45) is 13.6. The molecule has 0 heterocycles. The SMILES string of the molecule is CCCCCOc1ccc(CC(C#N)C2CCC(CCCC)CC2)cc1. The zero-order valence-electron chi connectivity index (χ0n) is 16.9. The molecule has 0 bridgehead atoms. The lowest BCUT2D eigenvalue weighted by Crippen LogP contribution is -2.22. The van der Waals surface area contributed by atoms with Gasteiger partial charge in [-0.3, -0.25) is 0 Å². The Morgan fingerprint density at radius 3 is 2.31 bits per heavy atom. The van der Waals surface area contributed by atoms with Gasteiger partial charge in [-0.25, -0.2) is 0 Å². The van der Waals surface area contributed by atoms with E-state index in [-0.39, 0.29) is 5.92 Å². The topological polar surface area (TPSA) is 33.0 Å². The molecule has 0 spiro atoms. The minimum Gasteiger partial charge on any atom is -0.494 e. The van der Waals surface area contributed by atoms with E-state index in [0.717, 1.165) is 31.1 Å². The van der Waals surface area contributed by atoms with Gasteiger partial charge in [0, 0.05) is 0 Å². The number of benzene rings is 1. The van der Waals surface area contributed by atoms with Crippen LogP contribution in [0, 0.1) is 29.1 Å². The molecule has 0 aliphatic heterocycles. The fourth-order valence-electron chi connectivity index (χ4n) is 4.21. The molecule has 26 heavy (non-hydrogen) atoms. The summed E-state index contributed by atoms with van der Waals surface area (Å²) < 4.78 is 5.79. The molecule has 0 N–H and O–H groups in total. The van der Waals surface area contributed by atoms with Gasteiger partial charge in [0.2, 0.25) is 0 Å². The summed E-state index contributed by atoms with van der Waals surface area (Å²) in [5.41, 5.74) is 1.27. The Hall–Kier alpha value is -1.49. The molecular formula is C24H37NO. The molecule has 1 unspecified atom stereocenters. The monoisotopic (exact) mass is 355 g/mol. The van der Waals surface area contributed by atoms with Crippen molar-refractivity contribution in [1.82, 2.24) is 0 Å². The molecule has 2 nitrogen and oxygen atoms in total. The Labute approximate surface area is 161 Å². The number of nitrogens with zero attached hydrogens (tertiary/aromatic N) is 1. The van der Waals surface area contributed by atoms with Crippen molar-refractivity contribution >= 4 is 0 Å². The third-order valence-corrected chi connectivity index (χ3v) is 5.99. The minimum atomic E-state index is 0.165. The Morgan fingerprint density at radius 1 is 1.00 bits per heavy atom. The molecular weight excluding hydrogens is 318 g/mol. The van der Waals surface area contributed by atoms with Crippen LogP contribution in [0.4, 0.5) is 0 Å². The molecule has 0 amide bonds. The van der Waals surface area contributed by atoms with Crippen LogP contribution in [0.25, 0.3) is 0 Å². The van der Waals surface area contributed by atoms with Crippen LogP contribution in [0.3, 0.4) is 0 Å². The molecule has 1 atom stereocenters. The number of rotatable bonds is 11. The van der Waals surface area contributed by atoms with Gasteiger partial charge in [-0.2, -0.15) is 5.26 Å². The normalized spacial score (nSPS) is 21.1. The molecule has 0 radical (unpaired) electrons. The highest BCUT2D eigenvalue weighted by Crippen LogP contribution is 2.36. The summed E-state index contributed by atoms with van der Waals surface area (Å²) in [6.45, 7) is 5.28. The molecule has 1 saturated carbocycles. The lowest BCUT2D eigenvalue weighted by Gasteiger charge is -2.31. The molecule has 144 valence electrons. The predicted octanol–water partition coefficient (Wildman–Crippen LogP) is 6.93. The Bertz CT molecular complexity index is 522. The van der Waals surface area contributed by atoms with Gasteiger partial charge in [-0.1, -0.05) is 70.9 Å². The van der Waals surface area contributed by atoms with E-state index in [4.69, 9.17) is 4.74 Å². The van der Waals surface area contributed by atoms with E-state index >= 15 is 0 Å². The van der Waals surface area contributed by atoms with Gasteiger partial charge in [-0.05, 0) is 55.2 Å². The molecule has 1 aliphatic carbocycles. The summed E-state index contributed by atoms with van der Waals surface area (Å²) in [4.78, 5) is 0. The Balaban J connectivity index is 1.78. The first kappa shape index (κ1) is 20.8. The van der Waals surface area contributed by atoms with Crippen LogP contribution in [0.2, 0.25) is 0 Å². The zero-order chi connectivity index (χ0) is 18.6. The highest BCUT2D eigenvalue weighted by molar-refractivity contribution is 5.28. The number of nitriles is 1. The van der Waals surface area contributed by atoms with Crippen LogP contribution in [-0.2, 0) is 6.42 Å². The first-order valence-electron chi connectivity index (χ1n) is 10.9. The third kappa shape index (κ3) is 7.02. The van der Waals surface area contributed by atoms with E-state index in [1.165, 1.54) is 63.4 Å². The van der Waals surface area contributed by atoms with Crippen molar-refractivity contribution < 1.29 is 4.74 Å². The van der Waals surface area contributed by atoms with Crippen LogP contribution < -0.4 is 4.74 Å². The molecule has 0 saturated heterocycles. The van der Waals surface area contributed by atoms with Crippen molar-refractivity contribution in [2.45, 2.75) is 84.5 Å². The first-order chi connectivity index (χ1) is 12.8. The van der Waals surface area contributed by atoms with E-state index < -0.39 is 0 Å². The van der Waals surface area contributed by atoms with Crippen molar-refractivity contribution in [3.8, 4) is 11.8 Å². The van der Waals surface area contributed by atoms with Crippen LogP contribution in [0.15, 0.2) is 24.3 Å². The molecule has 1 aromatic rings. The fourth-order valence-corrected chi connectivity index (χ4v) is 4.21. The van der Waals surface area contributed by atoms with Gasteiger partial charge < -0.3 is 4.74 Å². The molecule has 2 rings (SSSR count). The lowest BCUT2D eigenvalue weighted by atomic mass is 9.73. The maximum Gasteiger partial charge on any atom is 0.119 e. The maximum absolute atomic E-state index is 9.69. The second-order valence-electron chi connectivity index (χ2n) is 8.06. The molecule has 0 aromatic heterocycles. The van der Waals surface area contributed by atoms with Gasteiger partial charge >= 0.3 is 0 Å². The van der Waals surface area contributed by atoms with Gasteiger partial charge in [0.25, 0.3) is 0 Å². The summed E-state index contributed by atoms with van der Waals surface area (Å²) in [5, 5.41) is 9.69. The predicted molar refractivity (Wildman–Crippen MR) is 109 cm³/mol. The Kier molecular flexibility index (Phi) is 9.61. The summed E-state index contributed by atoms with van der Waals surface area (Å²) >= 11 is 0. The highest BCUT2D eigenvalue weighted by atomic mass is 16.5. The zero-order valence-corrected chi connectivity index (χ0v) is 16.9. The number of ether oxygens (including phenoxy) is 1. The number of hydrogen-bond acceptors (Lipinski definition) is 2. The van der Waals surface area contributed by atoms with Crippen molar-refractivity contribution in [2.24, 2.45) is 17.8 Å². The second-order valence-corrected chi connectivity index (χ2v) is 8.06. The van der Waals surface area contributed by atoms with Gasteiger partial charge in [0.1, 0.15) is 5.75 Å². The van der Waals surface area contributed by atoms with Crippen molar-refractivity contribution in [3.63, 3.8) is 0 Å². The van der Waals surface area contributed by atoms with Crippen molar-refractivity contribution in [3.05, 3.63) is 29.8 Å². The molecule has 2 heteroatoms. The first-order valence-corrected chi connectivity index (χ1v) is 10.9. The van der Waals surface area contributed by atoms with Crippen LogP contribution in [-0.4, -0.2) is 6.61 Å². The van der Waals surface area contributed by atoms with E-state index in [1.54, 1.807) is 0 Å². The van der Waals surface area contributed by atoms with Gasteiger partial charge in [0.05, 0.1) is 18.6 Å². The highest BCUT2D eigenvalue weighted by Gasteiger charge is 2.27. The standard InChI is InChI=1S/C24H37NO/c1-3-5-7-17-26-24-15-11-21(12-16-24)18-23(19-25)22-13-9-20(10-14-22)8-6-4-2/h11-12,15-16,20,22-23H,3-10,13-14,17-18H2,1-2H3. The van der Waals surface area contributed by atoms with E-state index in [9.17, 15) is 5.26 Å². The summed E-state index contributed by atoms with van der Waals surface area (Å²) in [6, 6.07) is 11.0. The quantitative estimate of drug-likeness (QED) is 0.403. The average Bonchev–Trinajstić information content (AvgIpc) is 2.69. The van der Waals surface area contributed by atoms with Crippen molar-refractivity contribution in [1.29, 1.82) is 5.26 Å². The largest absolute Gasteiger partial charge is 0.494 e. The smallest absolute Gasteiger partial charge is 0.119 e. The Morgan fingerprint density at radius 2 is 1.69 bits per heavy atom. The van der Waals surface area contributed by atoms with E-state index in [1.807, 2.05) is 0 Å². The summed E-state index contributed by atoms with van der Waals surface area (Å²) in [7, 11) is 0. The molecule has 1 aliphatic rings. The second kappa shape index (κ2) is 12.0. The van der Waals surface area contributed by atoms with Crippen LogP contribution >= 0.6 is 0 Å². The average molecular weight is 356 g/mol. The summed E-state index contributed by atoms with van der Waals surface area (Å²) in [5.74, 6) is 2.62. The number of unbranched alkanes of at least 4 members (excludes halogenated alkanes) is 3. The molecule has 1 aromatic carbocycles. The van der Waals surface area contributed by atoms with Gasteiger partial charge in [0.15, 0.2) is 0 Å². The third-order valence-electron chi connectivity index (χ3n) is 5.99. The van der Waals surface area contributed by atoms with Crippen LogP contribution in [0.5, 0.6) is 5.75 Å². The van der Waals surface area contributed by atoms with Crippen molar-refractivity contribution in [2.75, 3.05) is 6.61 Å². The van der Waals surface area contributed by atoms with Crippen LogP contribution in [0.1, 0.15) is 83.6 Å². The maximum atomic E-state index is 9.69. The van der Waals surface area contributed by atoms with E-state index in [2.05, 4.69) is 44.2 Å². The van der Waals surface area contributed by atoms with E-state index in [0.29, 0.717) is 5.92 Å². The number of hydrogen-bond donors (Lipinski definition) is 0. The van der Waals surface area contributed by atoms with Gasteiger partial charge in [-0.15, -0.1) is 0 Å². The minimum absolute atomic E-state index is 0.165. The lowest BCUT2D eigenvalue weighted by molar-refractivity contribution is 0.221. The fraction of sp³-hybridized carbons (Fsp3) is 0.708. The molecule has 1 fully saturated rings.